The van der Waals surface area contributed by atoms with Crippen molar-refractivity contribution in [1.82, 2.24) is 9.47 Å². The van der Waals surface area contributed by atoms with Gasteiger partial charge in [0.25, 0.3) is 5.91 Å². The van der Waals surface area contributed by atoms with Crippen molar-refractivity contribution < 1.29 is 9.90 Å². The molecule has 0 aromatic carbocycles. The Labute approximate surface area is 116 Å². The molecule has 0 saturated carbocycles. The van der Waals surface area contributed by atoms with E-state index in [-0.39, 0.29) is 18.6 Å². The van der Waals surface area contributed by atoms with Gasteiger partial charge in [-0.05, 0) is 34.8 Å². The predicted octanol–water partition coefficient (Wildman–Crippen LogP) is 2.16. The molecule has 1 N–H and O–H groups in total. The van der Waals surface area contributed by atoms with Gasteiger partial charge in [-0.25, -0.2) is 0 Å². The summed E-state index contributed by atoms with van der Waals surface area (Å²) < 4.78 is 2.73. The lowest BCUT2D eigenvalue weighted by atomic mass is 10.1. The third-order valence-corrected chi connectivity index (χ3v) is 3.97. The molecule has 4 nitrogen and oxygen atoms in total. The molecule has 1 aliphatic rings. The lowest BCUT2D eigenvalue weighted by Gasteiger charge is -2.28. The summed E-state index contributed by atoms with van der Waals surface area (Å²) in [6.07, 6.45) is 6.02. The molecular formula is C13H19BrN2O2. The van der Waals surface area contributed by atoms with Crippen molar-refractivity contribution in [2.75, 3.05) is 13.2 Å². The van der Waals surface area contributed by atoms with Gasteiger partial charge in [-0.15, -0.1) is 0 Å². The molecule has 100 valence electrons. The highest BCUT2D eigenvalue weighted by atomic mass is 79.9. The minimum Gasteiger partial charge on any atom is -0.394 e. The van der Waals surface area contributed by atoms with Crippen LogP contribution >= 0.6 is 15.9 Å². The second kappa shape index (κ2) is 5.89. The molecule has 5 heteroatoms. The van der Waals surface area contributed by atoms with Crippen molar-refractivity contribution in [1.29, 1.82) is 0 Å². The quantitative estimate of drug-likeness (QED) is 0.909. The SMILES string of the molecule is Cn1cc(Br)cc1C(=O)N1CCCCCC1CO. The van der Waals surface area contributed by atoms with Gasteiger partial charge < -0.3 is 14.6 Å². The summed E-state index contributed by atoms with van der Waals surface area (Å²) >= 11 is 3.38. The van der Waals surface area contributed by atoms with Crippen molar-refractivity contribution in [2.45, 2.75) is 31.7 Å². The number of halogens is 1. The van der Waals surface area contributed by atoms with E-state index in [0.29, 0.717) is 5.69 Å². The van der Waals surface area contributed by atoms with Crippen molar-refractivity contribution >= 4 is 21.8 Å². The molecule has 1 unspecified atom stereocenters. The molecule has 1 aromatic rings. The van der Waals surface area contributed by atoms with Gasteiger partial charge in [0.15, 0.2) is 0 Å². The third-order valence-electron chi connectivity index (χ3n) is 3.54. The van der Waals surface area contributed by atoms with Crippen LogP contribution in [-0.4, -0.2) is 39.7 Å². The van der Waals surface area contributed by atoms with Gasteiger partial charge in [0.2, 0.25) is 0 Å². The summed E-state index contributed by atoms with van der Waals surface area (Å²) in [7, 11) is 1.86. The molecule has 1 saturated heterocycles. The van der Waals surface area contributed by atoms with Gasteiger partial charge in [-0.1, -0.05) is 12.8 Å². The Morgan fingerprint density at radius 3 is 2.89 bits per heavy atom. The van der Waals surface area contributed by atoms with Crippen molar-refractivity contribution in [3.8, 4) is 0 Å². The average Bonchev–Trinajstić information content (AvgIpc) is 2.56. The fraction of sp³-hybridized carbons (Fsp3) is 0.615. The maximum Gasteiger partial charge on any atom is 0.270 e. The zero-order chi connectivity index (χ0) is 13.1. The summed E-state index contributed by atoms with van der Waals surface area (Å²) in [5.74, 6) is 0.0177. The van der Waals surface area contributed by atoms with Crippen LogP contribution in [0.15, 0.2) is 16.7 Å². The average molecular weight is 315 g/mol. The fourth-order valence-corrected chi connectivity index (χ4v) is 3.04. The van der Waals surface area contributed by atoms with Crippen LogP contribution in [0.2, 0.25) is 0 Å². The number of nitrogens with zero attached hydrogens (tertiary/aromatic N) is 2. The maximum absolute atomic E-state index is 12.5. The third kappa shape index (κ3) is 2.78. The van der Waals surface area contributed by atoms with E-state index in [4.69, 9.17) is 0 Å². The Hall–Kier alpha value is -0.810. The molecule has 18 heavy (non-hydrogen) atoms. The monoisotopic (exact) mass is 314 g/mol. The number of carbonyl (C=O) groups excluding carboxylic acids is 1. The summed E-state index contributed by atoms with van der Waals surface area (Å²) in [5, 5.41) is 9.45. The molecule has 0 aliphatic carbocycles. The van der Waals surface area contributed by atoms with Crippen molar-refractivity contribution in [3.63, 3.8) is 0 Å². The van der Waals surface area contributed by atoms with Crippen LogP contribution in [0, 0.1) is 0 Å². The Morgan fingerprint density at radius 1 is 1.50 bits per heavy atom. The van der Waals surface area contributed by atoms with E-state index >= 15 is 0 Å². The molecule has 0 spiro atoms. The van der Waals surface area contributed by atoms with Crippen LogP contribution in [0.25, 0.3) is 0 Å². The first-order valence-corrected chi connectivity index (χ1v) is 7.16. The number of aryl methyl sites for hydroxylation is 1. The first-order chi connectivity index (χ1) is 8.63. The van der Waals surface area contributed by atoms with Crippen LogP contribution in [0.5, 0.6) is 0 Å². The maximum atomic E-state index is 12.5. The molecule has 1 amide bonds. The molecule has 2 rings (SSSR count). The summed E-state index contributed by atoms with van der Waals surface area (Å²) in [4.78, 5) is 14.4. The van der Waals surface area contributed by atoms with Crippen LogP contribution in [0.4, 0.5) is 0 Å². The zero-order valence-corrected chi connectivity index (χ0v) is 12.2. The largest absolute Gasteiger partial charge is 0.394 e. The number of hydrogen-bond donors (Lipinski definition) is 1. The molecular weight excluding hydrogens is 296 g/mol. The van der Waals surface area contributed by atoms with Crippen LogP contribution in [0.3, 0.4) is 0 Å². The van der Waals surface area contributed by atoms with Crippen LogP contribution < -0.4 is 0 Å². The number of hydrogen-bond acceptors (Lipinski definition) is 2. The molecule has 1 aromatic heterocycles. The minimum atomic E-state index is -0.0336. The Morgan fingerprint density at radius 2 is 2.28 bits per heavy atom. The highest BCUT2D eigenvalue weighted by molar-refractivity contribution is 9.10. The normalized spacial score (nSPS) is 20.8. The van der Waals surface area contributed by atoms with Gasteiger partial charge >= 0.3 is 0 Å². The second-order valence-electron chi connectivity index (χ2n) is 4.84. The Bertz CT molecular complexity index is 431. The smallest absolute Gasteiger partial charge is 0.270 e. The Balaban J connectivity index is 2.22. The van der Waals surface area contributed by atoms with E-state index in [2.05, 4.69) is 15.9 Å². The van der Waals surface area contributed by atoms with E-state index < -0.39 is 0 Å². The summed E-state index contributed by atoms with van der Waals surface area (Å²) in [5.41, 5.74) is 0.669. The lowest BCUT2D eigenvalue weighted by Crippen LogP contribution is -2.42. The summed E-state index contributed by atoms with van der Waals surface area (Å²) in [6.45, 7) is 0.796. The number of amides is 1. The number of aliphatic hydroxyl groups excluding tert-OH is 1. The van der Waals surface area contributed by atoms with E-state index in [0.717, 1.165) is 36.7 Å². The van der Waals surface area contributed by atoms with E-state index in [1.807, 2.05) is 28.8 Å². The van der Waals surface area contributed by atoms with E-state index in [9.17, 15) is 9.90 Å². The first-order valence-electron chi connectivity index (χ1n) is 6.37. The van der Waals surface area contributed by atoms with Crippen LogP contribution in [-0.2, 0) is 7.05 Å². The highest BCUT2D eigenvalue weighted by Crippen LogP contribution is 2.21. The lowest BCUT2D eigenvalue weighted by molar-refractivity contribution is 0.0590. The minimum absolute atomic E-state index is 0.0177. The number of aromatic nitrogens is 1. The molecule has 2 heterocycles. The summed E-state index contributed by atoms with van der Waals surface area (Å²) in [6, 6.07) is 1.80. The van der Waals surface area contributed by atoms with Gasteiger partial charge in [0.1, 0.15) is 5.69 Å². The van der Waals surface area contributed by atoms with Gasteiger partial charge in [0, 0.05) is 24.3 Å². The number of rotatable bonds is 2. The molecule has 0 bridgehead atoms. The van der Waals surface area contributed by atoms with E-state index in [1.54, 1.807) is 0 Å². The van der Waals surface area contributed by atoms with Gasteiger partial charge in [-0.2, -0.15) is 0 Å². The molecule has 1 atom stereocenters. The van der Waals surface area contributed by atoms with Crippen molar-refractivity contribution in [2.24, 2.45) is 7.05 Å². The zero-order valence-electron chi connectivity index (χ0n) is 10.6. The fourth-order valence-electron chi connectivity index (χ4n) is 2.52. The van der Waals surface area contributed by atoms with Crippen LogP contribution in [0.1, 0.15) is 36.2 Å². The molecule has 1 aliphatic heterocycles. The predicted molar refractivity (Wildman–Crippen MR) is 73.5 cm³/mol. The van der Waals surface area contributed by atoms with Gasteiger partial charge in [-0.3, -0.25) is 4.79 Å². The van der Waals surface area contributed by atoms with E-state index in [1.165, 1.54) is 0 Å². The second-order valence-corrected chi connectivity index (χ2v) is 5.75. The molecule has 1 fully saturated rings. The van der Waals surface area contributed by atoms with Crippen molar-refractivity contribution in [3.05, 3.63) is 22.4 Å². The number of aliphatic hydroxyl groups is 1. The number of carbonyl (C=O) groups is 1. The molecule has 0 radical (unpaired) electrons. The highest BCUT2D eigenvalue weighted by Gasteiger charge is 2.27. The Kier molecular flexibility index (Phi) is 4.45. The van der Waals surface area contributed by atoms with Gasteiger partial charge in [0.05, 0.1) is 12.6 Å². The first kappa shape index (κ1) is 13.6. The standard InChI is InChI=1S/C13H19BrN2O2/c1-15-8-10(14)7-12(15)13(18)16-6-4-2-3-5-11(16)9-17/h7-8,11,17H,2-6,9H2,1H3. The topological polar surface area (TPSA) is 45.5 Å². The number of likely N-dealkylation sites (tertiary alicyclic amines) is 1.